The van der Waals surface area contributed by atoms with Gasteiger partial charge in [0, 0.05) is 46.2 Å². The highest BCUT2D eigenvalue weighted by atomic mass is 32.1. The van der Waals surface area contributed by atoms with Crippen molar-refractivity contribution in [1.29, 1.82) is 0 Å². The van der Waals surface area contributed by atoms with E-state index in [0.717, 1.165) is 68.7 Å². The van der Waals surface area contributed by atoms with E-state index in [2.05, 4.69) is 60.3 Å². The van der Waals surface area contributed by atoms with Gasteiger partial charge < -0.3 is 10.3 Å². The Bertz CT molecular complexity index is 1680. The van der Waals surface area contributed by atoms with E-state index in [0.29, 0.717) is 12.1 Å². The van der Waals surface area contributed by atoms with Crippen molar-refractivity contribution in [3.8, 4) is 33.9 Å². The molecule has 6 aromatic rings. The summed E-state index contributed by atoms with van der Waals surface area (Å²) in [5.41, 5.74) is 8.43. The van der Waals surface area contributed by atoms with Crippen molar-refractivity contribution in [2.75, 3.05) is 5.32 Å². The molecule has 0 aromatic carbocycles. The van der Waals surface area contributed by atoms with E-state index in [1.54, 1.807) is 23.7 Å². The largest absolute Gasteiger partial charge is 0.353 e. The minimum absolute atomic E-state index is 0.00791. The molecule has 8 nitrogen and oxygen atoms in total. The molecule has 0 saturated carbocycles. The van der Waals surface area contributed by atoms with Crippen molar-refractivity contribution in [1.82, 2.24) is 30.1 Å². The number of amides is 1. The van der Waals surface area contributed by atoms with Crippen LogP contribution in [0.3, 0.4) is 0 Å². The summed E-state index contributed by atoms with van der Waals surface area (Å²) >= 11 is 1.65. The van der Waals surface area contributed by atoms with Gasteiger partial charge in [-0.05, 0) is 48.2 Å². The Labute approximate surface area is 210 Å². The standard InChI is InChI=1S/C27H23N7OS/c1-2-3-4-24(35)30-18-11-17(13-28-14-18)20-5-6-22-26(32-20)27(34-33-22)23-12-19-21(31-23)7-9-29-25(19)16-8-10-36-15-16/h5-15,31H,2-4H2,1H3,(H,30,35)(H,33,34). The molecule has 1 amide bonds. The molecule has 0 aliphatic rings. The van der Waals surface area contributed by atoms with Crippen molar-refractivity contribution >= 4 is 44.9 Å². The lowest BCUT2D eigenvalue weighted by molar-refractivity contribution is -0.116. The van der Waals surface area contributed by atoms with Crippen LogP contribution in [0.1, 0.15) is 26.2 Å². The average Bonchev–Trinajstić information content (AvgIpc) is 3.66. The molecule has 36 heavy (non-hydrogen) atoms. The molecule has 9 heteroatoms. The first-order chi connectivity index (χ1) is 17.7. The monoisotopic (exact) mass is 493 g/mol. The second-order valence-electron chi connectivity index (χ2n) is 8.59. The third kappa shape index (κ3) is 4.14. The number of thiophene rings is 1. The Hall–Kier alpha value is -4.37. The molecule has 178 valence electrons. The molecule has 6 rings (SSSR count). The van der Waals surface area contributed by atoms with Crippen LogP contribution in [-0.4, -0.2) is 36.0 Å². The van der Waals surface area contributed by atoms with Gasteiger partial charge in [0.15, 0.2) is 0 Å². The van der Waals surface area contributed by atoms with Crippen molar-refractivity contribution in [3.63, 3.8) is 0 Å². The van der Waals surface area contributed by atoms with E-state index in [1.807, 2.05) is 30.5 Å². The van der Waals surface area contributed by atoms with Gasteiger partial charge in [-0.25, -0.2) is 4.98 Å². The molecular weight excluding hydrogens is 470 g/mol. The smallest absolute Gasteiger partial charge is 0.224 e. The normalized spacial score (nSPS) is 11.4. The van der Waals surface area contributed by atoms with Gasteiger partial charge >= 0.3 is 0 Å². The van der Waals surface area contributed by atoms with Crippen LogP contribution in [0.5, 0.6) is 0 Å². The van der Waals surface area contributed by atoms with E-state index in [4.69, 9.17) is 4.98 Å². The van der Waals surface area contributed by atoms with E-state index < -0.39 is 0 Å². The van der Waals surface area contributed by atoms with Gasteiger partial charge in [0.25, 0.3) is 0 Å². The maximum absolute atomic E-state index is 12.2. The predicted molar refractivity (Wildman–Crippen MR) is 144 cm³/mol. The summed E-state index contributed by atoms with van der Waals surface area (Å²) in [6.45, 7) is 2.07. The van der Waals surface area contributed by atoms with Gasteiger partial charge in [0.2, 0.25) is 5.91 Å². The van der Waals surface area contributed by atoms with Gasteiger partial charge in [-0.15, -0.1) is 0 Å². The lowest BCUT2D eigenvalue weighted by Gasteiger charge is -2.07. The van der Waals surface area contributed by atoms with E-state index in [1.165, 1.54) is 0 Å². The molecule has 0 spiro atoms. The van der Waals surface area contributed by atoms with Crippen LogP contribution in [0.2, 0.25) is 0 Å². The molecule has 0 unspecified atom stereocenters. The number of nitrogens with one attached hydrogen (secondary N) is 3. The van der Waals surface area contributed by atoms with Crippen molar-refractivity contribution in [3.05, 3.63) is 65.7 Å². The summed E-state index contributed by atoms with van der Waals surface area (Å²) in [5.74, 6) is -0.00791. The van der Waals surface area contributed by atoms with Crippen LogP contribution in [0, 0.1) is 0 Å². The molecule has 0 aliphatic carbocycles. The number of aromatic amines is 2. The Kier molecular flexibility index (Phi) is 5.74. The van der Waals surface area contributed by atoms with Gasteiger partial charge in [0.1, 0.15) is 11.2 Å². The molecule has 0 atom stereocenters. The van der Waals surface area contributed by atoms with Crippen LogP contribution in [-0.2, 0) is 4.79 Å². The Morgan fingerprint density at radius 1 is 1.06 bits per heavy atom. The SMILES string of the molecule is CCCCC(=O)Nc1cncc(-c2ccc3[nH]nc(-c4cc5c(-c6ccsc6)nccc5[nH]4)c3n2)c1. The summed E-state index contributed by atoms with van der Waals surface area (Å²) in [6.07, 6.45) is 7.55. The van der Waals surface area contributed by atoms with E-state index in [9.17, 15) is 4.79 Å². The van der Waals surface area contributed by atoms with Crippen LogP contribution in [0.15, 0.2) is 65.7 Å². The number of rotatable bonds is 7. The number of hydrogen-bond acceptors (Lipinski definition) is 6. The predicted octanol–water partition coefficient (Wildman–Crippen LogP) is 6.42. The van der Waals surface area contributed by atoms with Gasteiger partial charge in [0.05, 0.1) is 34.5 Å². The van der Waals surface area contributed by atoms with Gasteiger partial charge in [-0.3, -0.25) is 19.9 Å². The summed E-state index contributed by atoms with van der Waals surface area (Å²) in [4.78, 5) is 29.5. The molecule has 0 fully saturated rings. The first-order valence-electron chi connectivity index (χ1n) is 11.8. The first kappa shape index (κ1) is 22.1. The number of unbranched alkanes of at least 4 members (excludes halogenated alkanes) is 1. The highest BCUT2D eigenvalue weighted by Crippen LogP contribution is 2.33. The summed E-state index contributed by atoms with van der Waals surface area (Å²) < 4.78 is 0. The van der Waals surface area contributed by atoms with Crippen LogP contribution in [0.25, 0.3) is 55.8 Å². The maximum Gasteiger partial charge on any atom is 0.224 e. The van der Waals surface area contributed by atoms with E-state index >= 15 is 0 Å². The van der Waals surface area contributed by atoms with Crippen LogP contribution >= 0.6 is 11.3 Å². The second kappa shape index (κ2) is 9.35. The zero-order valence-corrected chi connectivity index (χ0v) is 20.4. The Morgan fingerprint density at radius 3 is 2.86 bits per heavy atom. The fourth-order valence-electron chi connectivity index (χ4n) is 4.27. The minimum Gasteiger partial charge on any atom is -0.353 e. The molecular formula is C27H23N7OS. The molecule has 0 radical (unpaired) electrons. The highest BCUT2D eigenvalue weighted by Gasteiger charge is 2.16. The molecule has 3 N–H and O–H groups in total. The number of carbonyl (C=O) groups is 1. The minimum atomic E-state index is -0.00791. The first-order valence-corrected chi connectivity index (χ1v) is 12.7. The highest BCUT2D eigenvalue weighted by molar-refractivity contribution is 7.08. The third-order valence-corrected chi connectivity index (χ3v) is 6.76. The number of pyridine rings is 3. The number of anilines is 1. The lowest BCUT2D eigenvalue weighted by Crippen LogP contribution is -2.11. The maximum atomic E-state index is 12.2. The molecule has 0 bridgehead atoms. The fraction of sp³-hybridized carbons (Fsp3) is 0.148. The topological polar surface area (TPSA) is 112 Å². The average molecular weight is 494 g/mol. The zero-order valence-electron chi connectivity index (χ0n) is 19.6. The van der Waals surface area contributed by atoms with Crippen molar-refractivity contribution < 1.29 is 4.79 Å². The Balaban J connectivity index is 1.37. The van der Waals surface area contributed by atoms with Crippen LogP contribution < -0.4 is 5.32 Å². The van der Waals surface area contributed by atoms with Gasteiger partial charge in [-0.1, -0.05) is 13.3 Å². The van der Waals surface area contributed by atoms with Crippen molar-refractivity contribution in [2.45, 2.75) is 26.2 Å². The number of carbonyl (C=O) groups excluding carboxylic acids is 1. The van der Waals surface area contributed by atoms with Crippen LogP contribution in [0.4, 0.5) is 5.69 Å². The summed E-state index contributed by atoms with van der Waals surface area (Å²) in [7, 11) is 0. The number of nitrogens with zero attached hydrogens (tertiary/aromatic N) is 4. The molecule has 6 heterocycles. The lowest BCUT2D eigenvalue weighted by atomic mass is 10.1. The summed E-state index contributed by atoms with van der Waals surface area (Å²) in [5, 5.41) is 15.8. The van der Waals surface area contributed by atoms with Crippen molar-refractivity contribution in [2.24, 2.45) is 0 Å². The van der Waals surface area contributed by atoms with E-state index in [-0.39, 0.29) is 5.91 Å². The summed E-state index contributed by atoms with van der Waals surface area (Å²) in [6, 6.07) is 11.9. The fourth-order valence-corrected chi connectivity index (χ4v) is 4.91. The van der Waals surface area contributed by atoms with Gasteiger partial charge in [-0.2, -0.15) is 16.4 Å². The second-order valence-corrected chi connectivity index (χ2v) is 9.37. The number of aromatic nitrogens is 6. The number of H-pyrrole nitrogens is 2. The quantitative estimate of drug-likeness (QED) is 0.237. The molecule has 0 aliphatic heterocycles. The molecule has 0 saturated heterocycles. The number of hydrogen-bond donors (Lipinski definition) is 3. The zero-order chi connectivity index (χ0) is 24.5. The Morgan fingerprint density at radius 2 is 2.00 bits per heavy atom. The third-order valence-electron chi connectivity index (χ3n) is 6.08. The number of fused-ring (bicyclic) bond motifs is 2. The molecule has 6 aromatic heterocycles.